The van der Waals surface area contributed by atoms with E-state index in [4.69, 9.17) is 10.9 Å². The van der Waals surface area contributed by atoms with Crippen LogP contribution in [-0.2, 0) is 13.6 Å². The summed E-state index contributed by atoms with van der Waals surface area (Å²) in [6.07, 6.45) is 8.49. The minimum Gasteiger partial charge on any atom is -0.356 e. The van der Waals surface area contributed by atoms with E-state index in [0.29, 0.717) is 40.4 Å². The highest BCUT2D eigenvalue weighted by atomic mass is 16.5. The lowest BCUT2D eigenvalue weighted by atomic mass is 10.2. The number of anilines is 1. The molecule has 1 saturated heterocycles. The molecule has 0 bridgehead atoms. The van der Waals surface area contributed by atoms with Crippen LogP contribution in [0.2, 0.25) is 0 Å². The van der Waals surface area contributed by atoms with Gasteiger partial charge in [0.15, 0.2) is 17.0 Å². The van der Waals surface area contributed by atoms with Crippen molar-refractivity contribution in [1.29, 1.82) is 0 Å². The van der Waals surface area contributed by atoms with Gasteiger partial charge in [-0.25, -0.2) is 15.0 Å². The highest BCUT2D eigenvalue weighted by molar-refractivity contribution is 5.68. The van der Waals surface area contributed by atoms with Crippen molar-refractivity contribution < 1.29 is 4.52 Å². The van der Waals surface area contributed by atoms with E-state index in [9.17, 15) is 4.79 Å². The Labute approximate surface area is 176 Å². The van der Waals surface area contributed by atoms with Crippen molar-refractivity contribution in [2.75, 3.05) is 18.0 Å². The summed E-state index contributed by atoms with van der Waals surface area (Å²) in [5, 5.41) is 4.18. The van der Waals surface area contributed by atoms with Gasteiger partial charge in [-0.1, -0.05) is 17.1 Å². The first-order valence-electron chi connectivity index (χ1n) is 10.00. The molecule has 10 heteroatoms. The number of hydrogen-bond acceptors (Lipinski definition) is 8. The van der Waals surface area contributed by atoms with Crippen LogP contribution < -0.4 is 10.5 Å². The van der Waals surface area contributed by atoms with E-state index in [2.05, 4.69) is 35.9 Å². The van der Waals surface area contributed by atoms with Gasteiger partial charge >= 0.3 is 0 Å². The molecule has 31 heavy (non-hydrogen) atoms. The first-order chi connectivity index (χ1) is 15.1. The van der Waals surface area contributed by atoms with Gasteiger partial charge in [0.2, 0.25) is 5.89 Å². The predicted octanol–water partition coefficient (Wildman–Crippen LogP) is 0.787. The molecule has 0 aromatic carbocycles. The van der Waals surface area contributed by atoms with Gasteiger partial charge in [-0.15, -0.1) is 6.42 Å². The zero-order chi connectivity index (χ0) is 21.1. The van der Waals surface area contributed by atoms with Gasteiger partial charge in [0.25, 0.3) is 5.56 Å². The third kappa shape index (κ3) is 2.81. The maximum absolute atomic E-state index is 12.7. The zero-order valence-corrected chi connectivity index (χ0v) is 16.7. The SMILES string of the molecule is C#Cc1cccc(N2CC3C(C2)C3c2noc(Cn3cnc4ncn(C)c4c3=O)n2)n1. The molecule has 0 amide bonds. The van der Waals surface area contributed by atoms with Gasteiger partial charge < -0.3 is 14.0 Å². The number of rotatable bonds is 4. The van der Waals surface area contributed by atoms with Crippen LogP contribution in [0.25, 0.3) is 11.2 Å². The summed E-state index contributed by atoms with van der Waals surface area (Å²) in [4.78, 5) is 32.3. The molecule has 2 fully saturated rings. The fraction of sp³-hybridized carbons (Fsp3) is 0.333. The summed E-state index contributed by atoms with van der Waals surface area (Å²) in [6.45, 7) is 1.96. The average Bonchev–Trinajstić information content (AvgIpc) is 3.21. The van der Waals surface area contributed by atoms with Crippen LogP contribution >= 0.6 is 0 Å². The number of terminal acetylenes is 1. The van der Waals surface area contributed by atoms with Gasteiger partial charge in [-0.3, -0.25) is 9.36 Å². The summed E-state index contributed by atoms with van der Waals surface area (Å²) >= 11 is 0. The number of pyridine rings is 1. The molecule has 2 atom stereocenters. The molecule has 2 unspecified atom stereocenters. The number of nitrogens with zero attached hydrogens (tertiary/aromatic N) is 8. The fourth-order valence-corrected chi connectivity index (χ4v) is 4.57. The number of piperidine rings is 1. The second kappa shape index (κ2) is 6.50. The lowest BCUT2D eigenvalue weighted by Crippen LogP contribution is -2.25. The largest absolute Gasteiger partial charge is 0.356 e. The van der Waals surface area contributed by atoms with Crippen LogP contribution in [0.3, 0.4) is 0 Å². The Morgan fingerprint density at radius 1 is 1.19 bits per heavy atom. The van der Waals surface area contributed by atoms with Gasteiger partial charge in [-0.05, 0) is 24.0 Å². The number of imidazole rings is 1. The average molecular weight is 414 g/mol. The van der Waals surface area contributed by atoms with E-state index in [1.807, 2.05) is 18.2 Å². The van der Waals surface area contributed by atoms with E-state index in [-0.39, 0.29) is 18.0 Å². The fourth-order valence-electron chi connectivity index (χ4n) is 4.57. The molecule has 154 valence electrons. The van der Waals surface area contributed by atoms with Gasteiger partial charge in [0, 0.05) is 26.1 Å². The molecule has 4 aromatic rings. The maximum atomic E-state index is 12.7. The van der Waals surface area contributed by atoms with Crippen LogP contribution in [0, 0.1) is 24.2 Å². The number of aromatic nitrogens is 7. The molecule has 2 aliphatic rings. The lowest BCUT2D eigenvalue weighted by Gasteiger charge is -2.20. The summed E-state index contributed by atoms with van der Waals surface area (Å²) in [5.74, 6) is 5.81. The summed E-state index contributed by atoms with van der Waals surface area (Å²) < 4.78 is 8.55. The topological polar surface area (TPSA) is 108 Å². The van der Waals surface area contributed by atoms with Crippen molar-refractivity contribution >= 4 is 17.0 Å². The summed E-state index contributed by atoms with van der Waals surface area (Å²) in [7, 11) is 1.76. The van der Waals surface area contributed by atoms with Gasteiger partial charge in [0.1, 0.15) is 24.4 Å². The van der Waals surface area contributed by atoms with E-state index in [0.717, 1.165) is 18.9 Å². The Hall–Kier alpha value is -4.00. The third-order valence-electron chi connectivity index (χ3n) is 6.19. The molecule has 0 N–H and O–H groups in total. The minimum absolute atomic E-state index is 0.178. The Balaban J connectivity index is 1.16. The molecule has 1 saturated carbocycles. The molecule has 0 spiro atoms. The first kappa shape index (κ1) is 17.8. The Morgan fingerprint density at radius 3 is 2.81 bits per heavy atom. The second-order valence-corrected chi connectivity index (χ2v) is 8.04. The Kier molecular flexibility index (Phi) is 3.74. The van der Waals surface area contributed by atoms with E-state index in [1.165, 1.54) is 10.9 Å². The third-order valence-corrected chi connectivity index (χ3v) is 6.19. The number of fused-ring (bicyclic) bond motifs is 2. The van der Waals surface area contributed by atoms with Crippen molar-refractivity contribution in [3.63, 3.8) is 0 Å². The van der Waals surface area contributed by atoms with Crippen molar-refractivity contribution in [3.05, 3.63) is 58.6 Å². The summed E-state index contributed by atoms with van der Waals surface area (Å²) in [6, 6.07) is 5.75. The lowest BCUT2D eigenvalue weighted by molar-refractivity contribution is 0.363. The van der Waals surface area contributed by atoms with Crippen LogP contribution in [0.4, 0.5) is 5.82 Å². The quantitative estimate of drug-likeness (QED) is 0.451. The number of aryl methyl sites for hydroxylation is 1. The van der Waals surface area contributed by atoms with Crippen molar-refractivity contribution in [2.24, 2.45) is 18.9 Å². The minimum atomic E-state index is -0.189. The number of hydrogen-bond donors (Lipinski definition) is 0. The standard InChI is InChI=1S/C21H18N8O2/c1-3-12-5-4-6-15(24-12)28-7-13-14(8-28)17(13)19-25-16(31-26-19)9-29-11-23-20-18(21(29)30)27(2)10-22-20/h1,4-6,10-11,13-14,17H,7-9H2,2H3. The monoisotopic (exact) mass is 414 g/mol. The van der Waals surface area contributed by atoms with Gasteiger partial charge in [-0.2, -0.15) is 4.98 Å². The summed E-state index contributed by atoms with van der Waals surface area (Å²) in [5.41, 5.74) is 1.33. The molecule has 0 radical (unpaired) electrons. The molecular formula is C21H18N8O2. The smallest absolute Gasteiger partial charge is 0.280 e. The molecule has 5 heterocycles. The van der Waals surface area contributed by atoms with Crippen LogP contribution in [0.5, 0.6) is 0 Å². The highest BCUT2D eigenvalue weighted by Gasteiger charge is 2.58. The van der Waals surface area contributed by atoms with Crippen molar-refractivity contribution in [3.8, 4) is 12.3 Å². The normalized spacial score (nSPS) is 21.9. The molecule has 10 nitrogen and oxygen atoms in total. The maximum Gasteiger partial charge on any atom is 0.280 e. The van der Waals surface area contributed by atoms with E-state index >= 15 is 0 Å². The molecule has 1 aliphatic carbocycles. The molecule has 4 aromatic heterocycles. The molecule has 6 rings (SSSR count). The predicted molar refractivity (Wildman–Crippen MR) is 110 cm³/mol. The second-order valence-electron chi connectivity index (χ2n) is 8.04. The van der Waals surface area contributed by atoms with Crippen molar-refractivity contribution in [1.82, 2.24) is 34.2 Å². The molecule has 1 aliphatic heterocycles. The zero-order valence-electron chi connectivity index (χ0n) is 16.7. The first-order valence-corrected chi connectivity index (χ1v) is 10.00. The van der Waals surface area contributed by atoms with E-state index in [1.54, 1.807) is 17.9 Å². The van der Waals surface area contributed by atoms with Crippen LogP contribution in [0.1, 0.15) is 23.3 Å². The Morgan fingerprint density at radius 2 is 2.00 bits per heavy atom. The van der Waals surface area contributed by atoms with Crippen molar-refractivity contribution in [2.45, 2.75) is 12.5 Å². The highest BCUT2D eigenvalue weighted by Crippen LogP contribution is 2.57. The van der Waals surface area contributed by atoms with Crippen LogP contribution in [-0.4, -0.2) is 47.3 Å². The molecular weight excluding hydrogens is 396 g/mol. The van der Waals surface area contributed by atoms with Gasteiger partial charge in [0.05, 0.1) is 6.33 Å². The van der Waals surface area contributed by atoms with Crippen LogP contribution in [0.15, 0.2) is 40.2 Å². The Bertz CT molecular complexity index is 1400. The van der Waals surface area contributed by atoms with E-state index < -0.39 is 0 Å².